The molecule has 0 amide bonds. The Balaban J connectivity index is 0.00000288. The third-order valence-electron chi connectivity index (χ3n) is 2.72. The van der Waals surface area contributed by atoms with Crippen molar-refractivity contribution in [3.8, 4) is 5.75 Å². The number of alkyl halides is 3. The van der Waals surface area contributed by atoms with Crippen molar-refractivity contribution in [2.24, 2.45) is 10.7 Å². The highest BCUT2D eigenvalue weighted by molar-refractivity contribution is 14.0. The molecule has 0 aromatic heterocycles. The Hall–Kier alpha value is -2.04. The molecule has 0 radical (unpaired) electrons. The lowest BCUT2D eigenvalue weighted by Crippen LogP contribution is -2.24. The van der Waals surface area contributed by atoms with Crippen molar-refractivity contribution in [1.29, 1.82) is 0 Å². The van der Waals surface area contributed by atoms with Crippen LogP contribution in [0.5, 0.6) is 5.75 Å². The zero-order valence-corrected chi connectivity index (χ0v) is 14.5. The second-order valence-corrected chi connectivity index (χ2v) is 4.50. The van der Waals surface area contributed by atoms with E-state index >= 15 is 0 Å². The van der Waals surface area contributed by atoms with E-state index in [9.17, 15) is 17.6 Å². The standard InChI is InChI=1S/C15H13F4N3O.HI/c16-11-7-5-10(6-8-11)9-21-14(20)22-12-3-1-2-4-13(12)23-15(17,18)19;/h1-8H,9H2,(H3,20,21,22);1H. The van der Waals surface area contributed by atoms with Crippen LogP contribution < -0.4 is 15.8 Å². The van der Waals surface area contributed by atoms with Crippen LogP contribution in [0.4, 0.5) is 23.2 Å². The van der Waals surface area contributed by atoms with Crippen LogP contribution in [0.25, 0.3) is 0 Å². The molecule has 24 heavy (non-hydrogen) atoms. The summed E-state index contributed by atoms with van der Waals surface area (Å²) in [7, 11) is 0. The Bertz CT molecular complexity index is 690. The minimum atomic E-state index is -4.81. The Labute approximate surface area is 152 Å². The molecule has 0 atom stereocenters. The molecule has 2 rings (SSSR count). The van der Waals surface area contributed by atoms with Crippen molar-refractivity contribution >= 4 is 35.6 Å². The Kier molecular flexibility index (Phi) is 7.26. The van der Waals surface area contributed by atoms with Gasteiger partial charge in [-0.25, -0.2) is 9.38 Å². The molecule has 0 bridgehead atoms. The second-order valence-electron chi connectivity index (χ2n) is 4.50. The number of nitrogens with zero attached hydrogens (tertiary/aromatic N) is 1. The van der Waals surface area contributed by atoms with Gasteiger partial charge in [0.15, 0.2) is 11.7 Å². The van der Waals surface area contributed by atoms with Gasteiger partial charge in [-0.3, -0.25) is 0 Å². The summed E-state index contributed by atoms with van der Waals surface area (Å²) in [6.07, 6.45) is -4.81. The van der Waals surface area contributed by atoms with E-state index in [1.54, 1.807) is 0 Å². The third-order valence-corrected chi connectivity index (χ3v) is 2.72. The Morgan fingerprint density at radius 2 is 1.71 bits per heavy atom. The van der Waals surface area contributed by atoms with Gasteiger partial charge in [-0.05, 0) is 29.8 Å². The molecule has 0 aliphatic carbocycles. The fraction of sp³-hybridized carbons (Fsp3) is 0.133. The fourth-order valence-corrected chi connectivity index (χ4v) is 1.73. The first-order valence-electron chi connectivity index (χ1n) is 6.49. The van der Waals surface area contributed by atoms with Crippen LogP contribution in [0.2, 0.25) is 0 Å². The smallest absolute Gasteiger partial charge is 0.404 e. The summed E-state index contributed by atoms with van der Waals surface area (Å²) >= 11 is 0. The van der Waals surface area contributed by atoms with Gasteiger partial charge in [0, 0.05) is 0 Å². The summed E-state index contributed by atoms with van der Waals surface area (Å²) in [6, 6.07) is 11.1. The van der Waals surface area contributed by atoms with E-state index in [2.05, 4.69) is 15.0 Å². The fourth-order valence-electron chi connectivity index (χ4n) is 1.73. The molecular formula is C15H14F4IN3O. The van der Waals surface area contributed by atoms with E-state index in [4.69, 9.17) is 5.73 Å². The SMILES string of the molecule is I.NC(=NCc1ccc(F)cc1)Nc1ccccc1OC(F)(F)F. The van der Waals surface area contributed by atoms with E-state index in [1.165, 1.54) is 42.5 Å². The molecule has 0 fully saturated rings. The van der Waals surface area contributed by atoms with Crippen molar-refractivity contribution in [3.63, 3.8) is 0 Å². The zero-order valence-electron chi connectivity index (χ0n) is 12.2. The summed E-state index contributed by atoms with van der Waals surface area (Å²) in [5.41, 5.74) is 6.38. The highest BCUT2D eigenvalue weighted by Gasteiger charge is 2.32. The third kappa shape index (κ3) is 6.60. The van der Waals surface area contributed by atoms with Crippen molar-refractivity contribution in [1.82, 2.24) is 0 Å². The van der Waals surface area contributed by atoms with Gasteiger partial charge < -0.3 is 15.8 Å². The van der Waals surface area contributed by atoms with Gasteiger partial charge in [0.25, 0.3) is 0 Å². The number of ether oxygens (including phenoxy) is 1. The molecule has 0 saturated carbocycles. The average molecular weight is 455 g/mol. The van der Waals surface area contributed by atoms with Gasteiger partial charge in [-0.2, -0.15) is 0 Å². The van der Waals surface area contributed by atoms with E-state index in [-0.39, 0.29) is 48.0 Å². The number of nitrogens with two attached hydrogens (primary N) is 1. The molecule has 0 unspecified atom stereocenters. The number of guanidine groups is 1. The zero-order chi connectivity index (χ0) is 16.9. The summed E-state index contributed by atoms with van der Waals surface area (Å²) in [5, 5.41) is 2.54. The quantitative estimate of drug-likeness (QED) is 0.314. The molecule has 0 heterocycles. The number of aliphatic imine (C=N–C) groups is 1. The topological polar surface area (TPSA) is 59.6 Å². The van der Waals surface area contributed by atoms with Crippen molar-refractivity contribution in [2.45, 2.75) is 12.9 Å². The lowest BCUT2D eigenvalue weighted by Gasteiger charge is -2.14. The molecule has 3 N–H and O–H groups in total. The maximum absolute atomic E-state index is 12.8. The van der Waals surface area contributed by atoms with Crippen molar-refractivity contribution in [2.75, 3.05) is 5.32 Å². The molecular weight excluding hydrogens is 441 g/mol. The van der Waals surface area contributed by atoms with Crippen LogP contribution in [0.3, 0.4) is 0 Å². The van der Waals surface area contributed by atoms with E-state index in [0.717, 1.165) is 6.07 Å². The number of benzene rings is 2. The number of para-hydroxylation sites is 2. The highest BCUT2D eigenvalue weighted by Crippen LogP contribution is 2.29. The number of anilines is 1. The van der Waals surface area contributed by atoms with Crippen LogP contribution in [-0.2, 0) is 6.54 Å². The predicted octanol–water partition coefficient (Wildman–Crippen LogP) is 4.27. The van der Waals surface area contributed by atoms with E-state index in [0.29, 0.717) is 5.56 Å². The van der Waals surface area contributed by atoms with Crippen LogP contribution in [0.1, 0.15) is 5.56 Å². The largest absolute Gasteiger partial charge is 0.573 e. The van der Waals surface area contributed by atoms with Gasteiger partial charge in [0.05, 0.1) is 12.2 Å². The van der Waals surface area contributed by atoms with Crippen molar-refractivity contribution < 1.29 is 22.3 Å². The molecule has 2 aromatic carbocycles. The van der Waals surface area contributed by atoms with Gasteiger partial charge in [0.1, 0.15) is 5.82 Å². The average Bonchev–Trinajstić information content (AvgIpc) is 2.47. The lowest BCUT2D eigenvalue weighted by molar-refractivity contribution is -0.274. The first kappa shape index (κ1) is 20.0. The minimum Gasteiger partial charge on any atom is -0.404 e. The first-order chi connectivity index (χ1) is 10.8. The number of nitrogens with one attached hydrogen (secondary N) is 1. The second kappa shape index (κ2) is 8.71. The molecule has 0 aliphatic heterocycles. The lowest BCUT2D eigenvalue weighted by atomic mass is 10.2. The predicted molar refractivity (Wildman–Crippen MR) is 93.9 cm³/mol. The summed E-state index contributed by atoms with van der Waals surface area (Å²) < 4.78 is 53.6. The molecule has 0 aliphatic rings. The Morgan fingerprint density at radius 1 is 1.08 bits per heavy atom. The maximum atomic E-state index is 12.8. The van der Waals surface area contributed by atoms with Crippen LogP contribution in [0, 0.1) is 5.82 Å². The van der Waals surface area contributed by atoms with Crippen LogP contribution in [0.15, 0.2) is 53.5 Å². The molecule has 2 aromatic rings. The maximum Gasteiger partial charge on any atom is 0.573 e. The van der Waals surface area contributed by atoms with Crippen LogP contribution in [-0.4, -0.2) is 12.3 Å². The summed E-state index contributed by atoms with van der Waals surface area (Å²) in [4.78, 5) is 3.98. The highest BCUT2D eigenvalue weighted by atomic mass is 127. The van der Waals surface area contributed by atoms with Crippen LogP contribution >= 0.6 is 24.0 Å². The monoisotopic (exact) mass is 455 g/mol. The summed E-state index contributed by atoms with van der Waals surface area (Å²) in [6.45, 7) is 0.154. The number of halogens is 5. The van der Waals surface area contributed by atoms with Gasteiger partial charge in [-0.1, -0.05) is 24.3 Å². The van der Waals surface area contributed by atoms with Gasteiger partial charge in [-0.15, -0.1) is 37.1 Å². The number of hydrogen-bond donors (Lipinski definition) is 2. The first-order valence-corrected chi connectivity index (χ1v) is 6.49. The van der Waals surface area contributed by atoms with Gasteiger partial charge >= 0.3 is 6.36 Å². The minimum absolute atomic E-state index is 0. The molecule has 130 valence electrons. The normalized spacial score (nSPS) is 11.6. The molecule has 4 nitrogen and oxygen atoms in total. The summed E-state index contributed by atoms with van der Waals surface area (Å²) in [5.74, 6) is -0.880. The van der Waals surface area contributed by atoms with E-state index < -0.39 is 12.1 Å². The Morgan fingerprint density at radius 3 is 2.33 bits per heavy atom. The number of rotatable bonds is 4. The van der Waals surface area contributed by atoms with Crippen molar-refractivity contribution in [3.05, 3.63) is 59.9 Å². The number of hydrogen-bond acceptors (Lipinski definition) is 2. The van der Waals surface area contributed by atoms with Gasteiger partial charge in [0.2, 0.25) is 0 Å². The van der Waals surface area contributed by atoms with E-state index in [1.807, 2.05) is 0 Å². The molecule has 0 saturated heterocycles. The molecule has 9 heteroatoms. The molecule has 0 spiro atoms.